The van der Waals surface area contributed by atoms with E-state index < -0.39 is 5.60 Å². The molecule has 4 rings (SSSR count). The molecule has 0 bridgehead atoms. The Balaban J connectivity index is 1.71. The number of benzene rings is 1. The van der Waals surface area contributed by atoms with Crippen LogP contribution < -0.4 is 4.90 Å². The van der Waals surface area contributed by atoms with Crippen molar-refractivity contribution in [1.82, 2.24) is 15.2 Å². The van der Waals surface area contributed by atoms with E-state index in [1.165, 1.54) is 0 Å². The Kier molecular flexibility index (Phi) is 4.38. The van der Waals surface area contributed by atoms with Crippen molar-refractivity contribution in [3.05, 3.63) is 42.1 Å². The maximum absolute atomic E-state index is 10.1. The summed E-state index contributed by atoms with van der Waals surface area (Å²) in [5, 5.41) is 18.8. The van der Waals surface area contributed by atoms with Gasteiger partial charge in [-0.2, -0.15) is 5.10 Å². The number of aromatic nitrogens is 3. The number of nitrogens with zero attached hydrogens (tertiary/aromatic N) is 3. The van der Waals surface area contributed by atoms with Crippen LogP contribution in [0.4, 0.5) is 5.82 Å². The first-order valence-electron chi connectivity index (χ1n) is 8.98. The summed E-state index contributed by atoms with van der Waals surface area (Å²) in [5.74, 6) is 0.953. The maximum Gasteiger partial charge on any atom is 0.129 e. The molecule has 1 aliphatic rings. The van der Waals surface area contributed by atoms with Crippen molar-refractivity contribution in [1.29, 1.82) is 0 Å². The molecule has 3 aromatic rings. The number of nitrogens with one attached hydrogen (secondary N) is 1. The molecule has 0 aliphatic carbocycles. The lowest BCUT2D eigenvalue weighted by atomic mass is 9.97. The third-order valence-corrected chi connectivity index (χ3v) is 4.62. The summed E-state index contributed by atoms with van der Waals surface area (Å²) >= 11 is 0. The number of pyridine rings is 1. The third kappa shape index (κ3) is 3.57. The van der Waals surface area contributed by atoms with E-state index in [-0.39, 0.29) is 0 Å². The van der Waals surface area contributed by atoms with Gasteiger partial charge in [0.15, 0.2) is 0 Å². The molecule has 2 N–H and O–H groups in total. The van der Waals surface area contributed by atoms with E-state index in [4.69, 9.17) is 4.74 Å². The molecule has 1 saturated heterocycles. The molecule has 1 fully saturated rings. The van der Waals surface area contributed by atoms with Crippen LogP contribution in [0.1, 0.15) is 19.4 Å². The number of fused-ring (bicyclic) bond motifs is 1. The van der Waals surface area contributed by atoms with Crippen molar-refractivity contribution in [3.8, 4) is 11.3 Å². The Bertz CT molecular complexity index is 908. The number of ether oxygens (including phenoxy) is 1. The summed E-state index contributed by atoms with van der Waals surface area (Å²) in [6.07, 6.45) is 2.43. The highest BCUT2D eigenvalue weighted by atomic mass is 16.5. The van der Waals surface area contributed by atoms with Crippen LogP contribution in [0.25, 0.3) is 22.2 Å². The van der Waals surface area contributed by atoms with Crippen LogP contribution in [0.5, 0.6) is 0 Å². The van der Waals surface area contributed by atoms with E-state index in [0.717, 1.165) is 59.8 Å². The molecular formula is C20H24N4O2. The van der Waals surface area contributed by atoms with Gasteiger partial charge in [-0.05, 0) is 43.7 Å². The summed E-state index contributed by atoms with van der Waals surface area (Å²) in [7, 11) is 0. The standard InChI is InChI=1S/C20H24N4O2/c1-20(2,25)13-14-3-4-17-16(11-14)19(23-22-17)15-5-6-21-18(12-15)24-7-9-26-10-8-24/h3-6,11-12,25H,7-10,13H2,1-2H3,(H,22,23). The van der Waals surface area contributed by atoms with Gasteiger partial charge in [0, 0.05) is 36.7 Å². The number of H-pyrrole nitrogens is 1. The van der Waals surface area contributed by atoms with Gasteiger partial charge in [0.1, 0.15) is 11.5 Å². The number of hydrogen-bond donors (Lipinski definition) is 2. The predicted octanol–water partition coefficient (Wildman–Crippen LogP) is 2.77. The van der Waals surface area contributed by atoms with Crippen LogP contribution in [0.15, 0.2) is 36.5 Å². The minimum atomic E-state index is -0.738. The number of aliphatic hydroxyl groups is 1. The highest BCUT2D eigenvalue weighted by molar-refractivity contribution is 5.93. The van der Waals surface area contributed by atoms with E-state index in [1.807, 2.05) is 38.2 Å². The number of anilines is 1. The average molecular weight is 352 g/mol. The number of morpholine rings is 1. The number of rotatable bonds is 4. The summed E-state index contributed by atoms with van der Waals surface area (Å²) in [6.45, 7) is 6.83. The molecule has 6 heteroatoms. The van der Waals surface area contributed by atoms with Crippen LogP contribution >= 0.6 is 0 Å². The Labute approximate surface area is 152 Å². The van der Waals surface area contributed by atoms with E-state index >= 15 is 0 Å². The zero-order chi connectivity index (χ0) is 18.1. The molecule has 2 aromatic heterocycles. The van der Waals surface area contributed by atoms with Crippen molar-refractivity contribution < 1.29 is 9.84 Å². The van der Waals surface area contributed by atoms with Gasteiger partial charge < -0.3 is 14.7 Å². The minimum Gasteiger partial charge on any atom is -0.390 e. The summed E-state index contributed by atoms with van der Waals surface area (Å²) in [4.78, 5) is 6.76. The first kappa shape index (κ1) is 17.0. The van der Waals surface area contributed by atoms with E-state index in [0.29, 0.717) is 6.42 Å². The van der Waals surface area contributed by atoms with E-state index in [9.17, 15) is 5.11 Å². The summed E-state index contributed by atoms with van der Waals surface area (Å²) in [6, 6.07) is 10.2. The lowest BCUT2D eigenvalue weighted by Crippen LogP contribution is -2.36. The minimum absolute atomic E-state index is 0.600. The molecule has 0 unspecified atom stereocenters. The third-order valence-electron chi connectivity index (χ3n) is 4.62. The second-order valence-corrected chi connectivity index (χ2v) is 7.44. The lowest BCUT2D eigenvalue weighted by Gasteiger charge is -2.27. The fourth-order valence-electron chi connectivity index (χ4n) is 3.42. The fraction of sp³-hybridized carbons (Fsp3) is 0.400. The van der Waals surface area contributed by atoms with Crippen molar-refractivity contribution in [3.63, 3.8) is 0 Å². The molecule has 136 valence electrons. The average Bonchev–Trinajstić information content (AvgIpc) is 3.04. The molecule has 1 aromatic carbocycles. The van der Waals surface area contributed by atoms with Crippen LogP contribution in [0.2, 0.25) is 0 Å². The molecular weight excluding hydrogens is 328 g/mol. The van der Waals surface area contributed by atoms with E-state index in [2.05, 4.69) is 32.2 Å². The second-order valence-electron chi connectivity index (χ2n) is 7.44. The van der Waals surface area contributed by atoms with Crippen molar-refractivity contribution in [2.24, 2.45) is 0 Å². The van der Waals surface area contributed by atoms with Gasteiger partial charge in [0.05, 0.1) is 24.3 Å². The van der Waals surface area contributed by atoms with Crippen molar-refractivity contribution in [2.75, 3.05) is 31.2 Å². The van der Waals surface area contributed by atoms with Gasteiger partial charge in [0.25, 0.3) is 0 Å². The topological polar surface area (TPSA) is 74.3 Å². The highest BCUT2D eigenvalue weighted by Gasteiger charge is 2.17. The van der Waals surface area contributed by atoms with Crippen LogP contribution in [-0.2, 0) is 11.2 Å². The molecule has 3 heterocycles. The zero-order valence-corrected chi connectivity index (χ0v) is 15.2. The smallest absolute Gasteiger partial charge is 0.129 e. The van der Waals surface area contributed by atoms with Crippen molar-refractivity contribution in [2.45, 2.75) is 25.9 Å². The van der Waals surface area contributed by atoms with Gasteiger partial charge in [-0.25, -0.2) is 4.98 Å². The van der Waals surface area contributed by atoms with Gasteiger partial charge in [-0.15, -0.1) is 0 Å². The fourth-order valence-corrected chi connectivity index (χ4v) is 3.42. The lowest BCUT2D eigenvalue weighted by molar-refractivity contribution is 0.0810. The first-order chi connectivity index (χ1) is 12.5. The maximum atomic E-state index is 10.1. The SMILES string of the molecule is CC(C)(O)Cc1ccc2[nH]nc(-c3ccnc(N4CCOCC4)c3)c2c1. The summed E-state index contributed by atoms with van der Waals surface area (Å²) < 4.78 is 5.43. The van der Waals surface area contributed by atoms with Crippen LogP contribution in [-0.4, -0.2) is 52.2 Å². The Morgan fingerprint density at radius 2 is 2.00 bits per heavy atom. The molecule has 1 aliphatic heterocycles. The second kappa shape index (κ2) is 6.70. The van der Waals surface area contributed by atoms with Gasteiger partial charge in [-0.3, -0.25) is 5.10 Å². The summed E-state index contributed by atoms with van der Waals surface area (Å²) in [5.41, 5.74) is 3.29. The molecule has 0 amide bonds. The quantitative estimate of drug-likeness (QED) is 0.755. The highest BCUT2D eigenvalue weighted by Crippen LogP contribution is 2.29. The van der Waals surface area contributed by atoms with Crippen molar-refractivity contribution >= 4 is 16.7 Å². The largest absolute Gasteiger partial charge is 0.390 e. The Morgan fingerprint density at radius 1 is 1.19 bits per heavy atom. The predicted molar refractivity (Wildman–Crippen MR) is 102 cm³/mol. The van der Waals surface area contributed by atoms with Gasteiger partial charge in [0.2, 0.25) is 0 Å². The van der Waals surface area contributed by atoms with Crippen LogP contribution in [0.3, 0.4) is 0 Å². The molecule has 0 spiro atoms. The first-order valence-corrected chi connectivity index (χ1v) is 8.98. The Hall–Kier alpha value is -2.44. The Morgan fingerprint density at radius 3 is 2.77 bits per heavy atom. The monoisotopic (exact) mass is 352 g/mol. The molecule has 0 radical (unpaired) electrons. The molecule has 0 atom stereocenters. The van der Waals surface area contributed by atoms with Crippen LogP contribution in [0, 0.1) is 0 Å². The van der Waals surface area contributed by atoms with Gasteiger partial charge >= 0.3 is 0 Å². The number of aromatic amines is 1. The van der Waals surface area contributed by atoms with Gasteiger partial charge in [-0.1, -0.05) is 6.07 Å². The van der Waals surface area contributed by atoms with E-state index in [1.54, 1.807) is 0 Å². The molecule has 26 heavy (non-hydrogen) atoms. The molecule has 6 nitrogen and oxygen atoms in total. The number of hydrogen-bond acceptors (Lipinski definition) is 5. The normalized spacial score (nSPS) is 15.6. The zero-order valence-electron chi connectivity index (χ0n) is 15.2. The molecule has 0 saturated carbocycles.